The highest BCUT2D eigenvalue weighted by molar-refractivity contribution is 6.10. The van der Waals surface area contributed by atoms with Crippen molar-refractivity contribution >= 4 is 23.6 Å². The van der Waals surface area contributed by atoms with Crippen LogP contribution < -0.4 is 24.8 Å². The van der Waals surface area contributed by atoms with Gasteiger partial charge in [0.15, 0.2) is 11.5 Å². The minimum atomic E-state index is -0.476. The maximum atomic E-state index is 13.1. The highest BCUT2D eigenvalue weighted by Crippen LogP contribution is 2.28. The lowest BCUT2D eigenvalue weighted by Gasteiger charge is -2.13. The molecule has 2 amide bonds. The van der Waals surface area contributed by atoms with Gasteiger partial charge >= 0.3 is 0 Å². The van der Waals surface area contributed by atoms with Gasteiger partial charge < -0.3 is 24.8 Å². The quantitative estimate of drug-likeness (QED) is 0.500. The van der Waals surface area contributed by atoms with E-state index < -0.39 is 11.8 Å². The molecule has 0 atom stereocenters. The predicted molar refractivity (Wildman–Crippen MR) is 128 cm³/mol. The smallest absolute Gasteiger partial charge is 0.272 e. The lowest BCUT2D eigenvalue weighted by atomic mass is 10.1. The van der Waals surface area contributed by atoms with E-state index in [9.17, 15) is 9.59 Å². The van der Waals surface area contributed by atoms with E-state index in [4.69, 9.17) is 14.2 Å². The van der Waals surface area contributed by atoms with Crippen LogP contribution in [0.3, 0.4) is 0 Å². The number of benzene rings is 3. The number of carbonyl (C=O) groups is 2. The van der Waals surface area contributed by atoms with Crippen LogP contribution in [0.15, 0.2) is 72.4 Å². The molecule has 0 bridgehead atoms. The normalized spacial score (nSPS) is 10.8. The van der Waals surface area contributed by atoms with Crippen molar-refractivity contribution in [3.05, 3.63) is 89.1 Å². The molecule has 0 aliphatic rings. The van der Waals surface area contributed by atoms with Crippen molar-refractivity contribution in [2.24, 2.45) is 0 Å². The van der Waals surface area contributed by atoms with Gasteiger partial charge in [-0.1, -0.05) is 23.8 Å². The number of nitrogens with one attached hydrogen (secondary N) is 2. The number of ether oxygens (including phenoxy) is 3. The van der Waals surface area contributed by atoms with Crippen LogP contribution in [0.5, 0.6) is 17.2 Å². The fourth-order valence-electron chi connectivity index (χ4n) is 3.04. The van der Waals surface area contributed by atoms with Crippen molar-refractivity contribution in [3.8, 4) is 17.2 Å². The third-order valence-corrected chi connectivity index (χ3v) is 4.87. The van der Waals surface area contributed by atoms with Crippen LogP contribution in [0.25, 0.3) is 6.08 Å². The fourth-order valence-corrected chi connectivity index (χ4v) is 3.04. The Morgan fingerprint density at radius 1 is 0.788 bits per heavy atom. The van der Waals surface area contributed by atoms with Crippen LogP contribution in [0.4, 0.5) is 5.69 Å². The van der Waals surface area contributed by atoms with Gasteiger partial charge in [-0.3, -0.25) is 9.59 Å². The van der Waals surface area contributed by atoms with E-state index in [0.717, 1.165) is 5.56 Å². The Hall–Kier alpha value is -4.26. The molecule has 3 aromatic rings. The lowest BCUT2D eigenvalue weighted by molar-refractivity contribution is -0.113. The number of rotatable bonds is 8. The van der Waals surface area contributed by atoms with Gasteiger partial charge in [0.25, 0.3) is 11.8 Å². The molecule has 0 heterocycles. The van der Waals surface area contributed by atoms with Crippen LogP contribution in [-0.2, 0) is 4.79 Å². The van der Waals surface area contributed by atoms with E-state index in [1.807, 2.05) is 19.1 Å². The lowest BCUT2D eigenvalue weighted by Crippen LogP contribution is -2.30. The van der Waals surface area contributed by atoms with Crippen molar-refractivity contribution in [1.82, 2.24) is 5.32 Å². The monoisotopic (exact) mass is 446 g/mol. The van der Waals surface area contributed by atoms with Gasteiger partial charge in [0.1, 0.15) is 11.4 Å². The zero-order valence-electron chi connectivity index (χ0n) is 19.0. The van der Waals surface area contributed by atoms with Gasteiger partial charge in [-0.25, -0.2) is 0 Å². The van der Waals surface area contributed by atoms with Gasteiger partial charge in [0.2, 0.25) is 0 Å². The van der Waals surface area contributed by atoms with Gasteiger partial charge in [0, 0.05) is 11.3 Å². The van der Waals surface area contributed by atoms with Crippen molar-refractivity contribution < 1.29 is 23.8 Å². The molecule has 3 aromatic carbocycles. The van der Waals surface area contributed by atoms with Crippen LogP contribution in [-0.4, -0.2) is 33.1 Å². The molecule has 7 nitrogen and oxygen atoms in total. The van der Waals surface area contributed by atoms with Crippen LogP contribution in [0.2, 0.25) is 0 Å². The molecule has 0 aliphatic carbocycles. The van der Waals surface area contributed by atoms with Crippen molar-refractivity contribution in [2.45, 2.75) is 6.92 Å². The van der Waals surface area contributed by atoms with Crippen molar-refractivity contribution in [2.75, 3.05) is 26.6 Å². The number of carbonyl (C=O) groups excluding carboxylic acids is 2. The second kappa shape index (κ2) is 10.9. The number of anilines is 1. The van der Waals surface area contributed by atoms with Gasteiger partial charge in [-0.15, -0.1) is 0 Å². The molecule has 33 heavy (non-hydrogen) atoms. The van der Waals surface area contributed by atoms with E-state index >= 15 is 0 Å². The Morgan fingerprint density at radius 3 is 2.06 bits per heavy atom. The van der Waals surface area contributed by atoms with Gasteiger partial charge in [0.05, 0.1) is 21.3 Å². The molecule has 0 radical (unpaired) electrons. The predicted octanol–water partition coefficient (Wildman–Crippen LogP) is 4.43. The third-order valence-electron chi connectivity index (χ3n) is 4.87. The van der Waals surface area contributed by atoms with Crippen LogP contribution >= 0.6 is 0 Å². The largest absolute Gasteiger partial charge is 0.497 e. The summed E-state index contributed by atoms with van der Waals surface area (Å²) in [6, 6.07) is 19.2. The third kappa shape index (κ3) is 6.13. The molecule has 0 fully saturated rings. The van der Waals surface area contributed by atoms with E-state index in [-0.39, 0.29) is 5.70 Å². The molecule has 0 aliphatic heterocycles. The highest BCUT2D eigenvalue weighted by atomic mass is 16.5. The topological polar surface area (TPSA) is 85.9 Å². The van der Waals surface area contributed by atoms with Gasteiger partial charge in [-0.05, 0) is 67.1 Å². The average Bonchev–Trinajstić information content (AvgIpc) is 2.84. The Kier molecular flexibility index (Phi) is 7.70. The van der Waals surface area contributed by atoms with Crippen molar-refractivity contribution in [1.29, 1.82) is 0 Å². The summed E-state index contributed by atoms with van der Waals surface area (Å²) in [5, 5.41) is 5.52. The second-order valence-corrected chi connectivity index (χ2v) is 7.18. The molecule has 2 N–H and O–H groups in total. The zero-order valence-corrected chi connectivity index (χ0v) is 19.0. The summed E-state index contributed by atoms with van der Waals surface area (Å²) in [7, 11) is 4.64. The van der Waals surface area contributed by atoms with E-state index in [1.165, 1.54) is 7.11 Å². The minimum absolute atomic E-state index is 0.0728. The fraction of sp³-hybridized carbons (Fsp3) is 0.154. The van der Waals surface area contributed by atoms with E-state index in [1.54, 1.807) is 74.9 Å². The summed E-state index contributed by atoms with van der Waals surface area (Å²) in [5.41, 5.74) is 2.75. The number of hydrogen-bond acceptors (Lipinski definition) is 5. The maximum Gasteiger partial charge on any atom is 0.272 e. The molecule has 0 aromatic heterocycles. The molecule has 0 spiro atoms. The highest BCUT2D eigenvalue weighted by Gasteiger charge is 2.16. The Morgan fingerprint density at radius 2 is 1.45 bits per heavy atom. The summed E-state index contributed by atoms with van der Waals surface area (Å²) in [5.74, 6) is 0.859. The maximum absolute atomic E-state index is 13.1. The standard InChI is InChI=1S/C26H26N2O5/c1-17-5-8-19(9-6-17)25(29)28-22(15-18-7-14-23(32-3)24(16-18)33-4)26(30)27-20-10-12-21(31-2)13-11-20/h5-16H,1-4H3,(H,27,30)(H,28,29)/b22-15-. The molecular weight excluding hydrogens is 420 g/mol. The molecule has 0 unspecified atom stereocenters. The van der Waals surface area contributed by atoms with Crippen LogP contribution in [0, 0.1) is 6.92 Å². The van der Waals surface area contributed by atoms with E-state index in [0.29, 0.717) is 34.1 Å². The molecule has 7 heteroatoms. The number of aryl methyl sites for hydroxylation is 1. The first-order valence-corrected chi connectivity index (χ1v) is 10.2. The summed E-state index contributed by atoms with van der Waals surface area (Å²) >= 11 is 0. The Labute approximate surface area is 193 Å². The summed E-state index contributed by atoms with van der Waals surface area (Å²) in [6.07, 6.45) is 1.58. The first kappa shape index (κ1) is 23.4. The molecule has 3 rings (SSSR count). The SMILES string of the molecule is COc1ccc(NC(=O)/C(=C/c2ccc(OC)c(OC)c2)NC(=O)c2ccc(C)cc2)cc1. The van der Waals surface area contributed by atoms with E-state index in [2.05, 4.69) is 10.6 Å². The summed E-state index contributed by atoms with van der Waals surface area (Å²) in [4.78, 5) is 25.9. The molecular formula is C26H26N2O5. The first-order valence-electron chi connectivity index (χ1n) is 10.2. The number of hydrogen-bond donors (Lipinski definition) is 2. The Bertz CT molecular complexity index is 1150. The number of methoxy groups -OCH3 is 3. The molecule has 0 saturated heterocycles. The average molecular weight is 447 g/mol. The molecule has 170 valence electrons. The number of amides is 2. The minimum Gasteiger partial charge on any atom is -0.497 e. The first-order chi connectivity index (χ1) is 15.9. The Balaban J connectivity index is 1.92. The van der Waals surface area contributed by atoms with Gasteiger partial charge in [-0.2, -0.15) is 0 Å². The zero-order chi connectivity index (χ0) is 23.8. The summed E-state index contributed by atoms with van der Waals surface area (Å²) in [6.45, 7) is 1.94. The van der Waals surface area contributed by atoms with Crippen LogP contribution in [0.1, 0.15) is 21.5 Å². The van der Waals surface area contributed by atoms with Crippen molar-refractivity contribution in [3.63, 3.8) is 0 Å². The molecule has 0 saturated carbocycles. The summed E-state index contributed by atoms with van der Waals surface area (Å²) < 4.78 is 15.8. The second-order valence-electron chi connectivity index (χ2n) is 7.18.